The predicted octanol–water partition coefficient (Wildman–Crippen LogP) is 1.98. The van der Waals surface area contributed by atoms with E-state index in [0.717, 1.165) is 11.2 Å². The van der Waals surface area contributed by atoms with Gasteiger partial charge in [0.1, 0.15) is 6.54 Å². The fourth-order valence-electron chi connectivity index (χ4n) is 2.55. The molecule has 7 nitrogen and oxygen atoms in total. The first-order valence-corrected chi connectivity index (χ1v) is 9.70. The Morgan fingerprint density at radius 1 is 1.08 bits per heavy atom. The molecular weight excluding hydrogens is 380 g/mol. The SMILES string of the molecule is CS(=O)(=O)c1ccc(Cl)c(NC(=O)CN2C(=O)c3ccccc3C2=O)c1. The van der Waals surface area contributed by atoms with E-state index in [-0.39, 0.29) is 26.7 Å². The number of carbonyl (C=O) groups excluding carboxylic acids is 3. The normalized spacial score (nSPS) is 13.7. The lowest BCUT2D eigenvalue weighted by molar-refractivity contribution is -0.116. The molecule has 0 saturated carbocycles. The van der Waals surface area contributed by atoms with Crippen LogP contribution in [0.3, 0.4) is 0 Å². The van der Waals surface area contributed by atoms with Crippen LogP contribution in [0.25, 0.3) is 0 Å². The molecule has 0 aromatic heterocycles. The van der Waals surface area contributed by atoms with Gasteiger partial charge in [-0.25, -0.2) is 8.42 Å². The van der Waals surface area contributed by atoms with Crippen molar-refractivity contribution in [3.63, 3.8) is 0 Å². The van der Waals surface area contributed by atoms with Gasteiger partial charge in [-0.05, 0) is 30.3 Å². The highest BCUT2D eigenvalue weighted by molar-refractivity contribution is 7.90. The lowest BCUT2D eigenvalue weighted by Gasteiger charge is -2.14. The van der Waals surface area contributed by atoms with E-state index < -0.39 is 34.1 Å². The third kappa shape index (κ3) is 3.33. The molecule has 1 N–H and O–H groups in total. The van der Waals surface area contributed by atoms with Crippen LogP contribution in [0.5, 0.6) is 0 Å². The molecule has 0 spiro atoms. The van der Waals surface area contributed by atoms with Gasteiger partial charge >= 0.3 is 0 Å². The van der Waals surface area contributed by atoms with E-state index in [1.165, 1.54) is 30.3 Å². The second-order valence-electron chi connectivity index (χ2n) is 5.70. The van der Waals surface area contributed by atoms with E-state index >= 15 is 0 Å². The average molecular weight is 393 g/mol. The van der Waals surface area contributed by atoms with E-state index in [2.05, 4.69) is 5.32 Å². The van der Waals surface area contributed by atoms with E-state index in [9.17, 15) is 22.8 Å². The van der Waals surface area contributed by atoms with E-state index in [0.29, 0.717) is 0 Å². The number of hydrogen-bond donors (Lipinski definition) is 1. The molecule has 2 aromatic carbocycles. The summed E-state index contributed by atoms with van der Waals surface area (Å²) in [5.41, 5.74) is 0.556. The monoisotopic (exact) mass is 392 g/mol. The standard InChI is InChI=1S/C17H13ClN2O5S/c1-26(24,25)10-6-7-13(18)14(8-10)19-15(21)9-20-16(22)11-4-2-3-5-12(11)17(20)23/h2-8H,9H2,1H3,(H,19,21). The zero-order chi connectivity index (χ0) is 19.1. The van der Waals surface area contributed by atoms with Crippen LogP contribution in [0.1, 0.15) is 20.7 Å². The smallest absolute Gasteiger partial charge is 0.262 e. The van der Waals surface area contributed by atoms with Crippen molar-refractivity contribution >= 4 is 44.8 Å². The van der Waals surface area contributed by atoms with Crippen molar-refractivity contribution in [2.24, 2.45) is 0 Å². The van der Waals surface area contributed by atoms with Crippen molar-refractivity contribution in [2.45, 2.75) is 4.90 Å². The van der Waals surface area contributed by atoms with Gasteiger partial charge in [-0.15, -0.1) is 0 Å². The summed E-state index contributed by atoms with van der Waals surface area (Å²) in [5.74, 6) is -1.79. The molecule has 0 unspecified atom stereocenters. The number of benzene rings is 2. The van der Waals surface area contributed by atoms with E-state index in [4.69, 9.17) is 11.6 Å². The number of sulfone groups is 1. The number of imide groups is 1. The average Bonchev–Trinajstić information content (AvgIpc) is 2.81. The number of nitrogens with one attached hydrogen (secondary N) is 1. The van der Waals surface area contributed by atoms with Gasteiger partial charge in [0, 0.05) is 6.26 Å². The molecule has 26 heavy (non-hydrogen) atoms. The van der Waals surface area contributed by atoms with Gasteiger partial charge in [0.25, 0.3) is 11.8 Å². The van der Waals surface area contributed by atoms with Gasteiger partial charge in [-0.2, -0.15) is 0 Å². The van der Waals surface area contributed by atoms with Crippen LogP contribution in [0.2, 0.25) is 5.02 Å². The Balaban J connectivity index is 1.79. The Bertz CT molecular complexity index is 1010. The second kappa shape index (κ2) is 6.54. The molecule has 134 valence electrons. The van der Waals surface area contributed by atoms with Crippen LogP contribution in [0.4, 0.5) is 5.69 Å². The summed E-state index contributed by atoms with van der Waals surface area (Å²) < 4.78 is 23.2. The zero-order valence-electron chi connectivity index (χ0n) is 13.5. The molecule has 0 radical (unpaired) electrons. The van der Waals surface area contributed by atoms with Crippen molar-refractivity contribution in [3.8, 4) is 0 Å². The molecule has 0 aliphatic carbocycles. The maximum absolute atomic E-state index is 12.3. The second-order valence-corrected chi connectivity index (χ2v) is 8.13. The molecule has 0 saturated heterocycles. The van der Waals surface area contributed by atoms with Gasteiger partial charge in [0.05, 0.1) is 26.7 Å². The molecule has 1 aliphatic rings. The third-order valence-electron chi connectivity index (χ3n) is 3.82. The highest BCUT2D eigenvalue weighted by atomic mass is 35.5. The largest absolute Gasteiger partial charge is 0.323 e. The van der Waals surface area contributed by atoms with Crippen LogP contribution in [-0.2, 0) is 14.6 Å². The maximum atomic E-state index is 12.3. The van der Waals surface area contributed by atoms with Crippen LogP contribution in [-0.4, -0.2) is 43.8 Å². The van der Waals surface area contributed by atoms with Crippen LogP contribution in [0, 0.1) is 0 Å². The molecule has 0 fully saturated rings. The van der Waals surface area contributed by atoms with Gasteiger partial charge < -0.3 is 5.32 Å². The minimum Gasteiger partial charge on any atom is -0.323 e. The maximum Gasteiger partial charge on any atom is 0.262 e. The number of anilines is 1. The molecule has 3 amide bonds. The lowest BCUT2D eigenvalue weighted by atomic mass is 10.1. The molecule has 9 heteroatoms. The zero-order valence-corrected chi connectivity index (χ0v) is 15.1. The molecule has 3 rings (SSSR count). The molecule has 1 aliphatic heterocycles. The predicted molar refractivity (Wildman–Crippen MR) is 95.0 cm³/mol. The Hall–Kier alpha value is -2.71. The Labute approximate surface area is 154 Å². The van der Waals surface area contributed by atoms with Crippen LogP contribution >= 0.6 is 11.6 Å². The fraction of sp³-hybridized carbons (Fsp3) is 0.118. The number of nitrogens with zero attached hydrogens (tertiary/aromatic N) is 1. The minimum absolute atomic E-state index is 0.0158. The first kappa shape index (κ1) is 18.1. The van der Waals surface area contributed by atoms with Crippen molar-refractivity contribution in [1.29, 1.82) is 0 Å². The van der Waals surface area contributed by atoms with Gasteiger partial charge in [-0.3, -0.25) is 19.3 Å². The number of fused-ring (bicyclic) bond motifs is 1. The van der Waals surface area contributed by atoms with Crippen LogP contribution in [0.15, 0.2) is 47.4 Å². The molecular formula is C17H13ClN2O5S. The van der Waals surface area contributed by atoms with Gasteiger partial charge in [-0.1, -0.05) is 23.7 Å². The van der Waals surface area contributed by atoms with Crippen molar-refractivity contribution in [3.05, 3.63) is 58.6 Å². The third-order valence-corrected chi connectivity index (χ3v) is 5.26. The highest BCUT2D eigenvalue weighted by Gasteiger charge is 2.36. The first-order valence-electron chi connectivity index (χ1n) is 7.43. The summed E-state index contributed by atoms with van der Waals surface area (Å²) >= 11 is 5.98. The molecule has 0 atom stereocenters. The number of halogens is 1. The Kier molecular flexibility index (Phi) is 4.55. The summed E-state index contributed by atoms with van der Waals surface area (Å²) in [6, 6.07) is 10.2. The minimum atomic E-state index is -3.48. The van der Waals surface area contributed by atoms with Gasteiger partial charge in [0.15, 0.2) is 9.84 Å². The number of carbonyl (C=O) groups is 3. The van der Waals surface area contributed by atoms with E-state index in [1.54, 1.807) is 12.1 Å². The van der Waals surface area contributed by atoms with Crippen LogP contribution < -0.4 is 5.32 Å². The fourth-order valence-corrected chi connectivity index (χ4v) is 3.36. The van der Waals surface area contributed by atoms with Crippen molar-refractivity contribution in [2.75, 3.05) is 18.1 Å². The van der Waals surface area contributed by atoms with Crippen molar-refractivity contribution in [1.82, 2.24) is 4.90 Å². The summed E-state index contributed by atoms with van der Waals surface area (Å²) in [6.45, 7) is -0.508. The first-order chi connectivity index (χ1) is 12.2. The summed E-state index contributed by atoms with van der Waals surface area (Å²) in [4.78, 5) is 37.6. The number of amides is 3. The quantitative estimate of drug-likeness (QED) is 0.802. The van der Waals surface area contributed by atoms with Crippen molar-refractivity contribution < 1.29 is 22.8 Å². The van der Waals surface area contributed by atoms with E-state index in [1.807, 2.05) is 0 Å². The molecule has 2 aromatic rings. The van der Waals surface area contributed by atoms with Gasteiger partial charge in [0.2, 0.25) is 5.91 Å². The Morgan fingerprint density at radius 2 is 1.65 bits per heavy atom. The highest BCUT2D eigenvalue weighted by Crippen LogP contribution is 2.26. The Morgan fingerprint density at radius 3 is 2.19 bits per heavy atom. The molecule has 1 heterocycles. The number of rotatable bonds is 4. The number of hydrogen-bond acceptors (Lipinski definition) is 5. The summed E-state index contributed by atoms with van der Waals surface area (Å²) in [7, 11) is -3.48. The summed E-state index contributed by atoms with van der Waals surface area (Å²) in [5, 5.41) is 2.57. The molecule has 0 bridgehead atoms. The lowest BCUT2D eigenvalue weighted by Crippen LogP contribution is -2.37. The summed E-state index contributed by atoms with van der Waals surface area (Å²) in [6.07, 6.45) is 1.03. The topological polar surface area (TPSA) is 101 Å².